The average Bonchev–Trinajstić information content (AvgIpc) is 3.03. The zero-order valence-corrected chi connectivity index (χ0v) is 14.3. The summed E-state index contributed by atoms with van der Waals surface area (Å²) in [6.07, 6.45) is -4.22. The minimum Gasteiger partial charge on any atom is -0.358 e. The number of aromatic nitrogens is 2. The van der Waals surface area contributed by atoms with E-state index in [1.165, 1.54) is 37.0 Å². The van der Waals surface area contributed by atoms with E-state index in [1.54, 1.807) is 7.05 Å². The number of amides is 1. The number of benzene rings is 1. The van der Waals surface area contributed by atoms with E-state index in [4.69, 9.17) is 0 Å². The van der Waals surface area contributed by atoms with Gasteiger partial charge in [-0.15, -0.1) is 0 Å². The SMILES string of the molecule is CNC(=O)C1Cc2c(nc(NC)nc2-c2ccccc2C(F)(F)F)S1. The first-order chi connectivity index (χ1) is 11.8. The number of halogens is 3. The van der Waals surface area contributed by atoms with Gasteiger partial charge in [0.1, 0.15) is 5.03 Å². The highest BCUT2D eigenvalue weighted by atomic mass is 32.2. The number of anilines is 1. The lowest BCUT2D eigenvalue weighted by Gasteiger charge is -2.15. The maximum atomic E-state index is 13.4. The number of hydrogen-bond acceptors (Lipinski definition) is 5. The fourth-order valence-electron chi connectivity index (χ4n) is 2.69. The molecule has 1 aromatic heterocycles. The van der Waals surface area contributed by atoms with E-state index in [0.29, 0.717) is 10.6 Å². The van der Waals surface area contributed by atoms with Crippen molar-refractivity contribution < 1.29 is 18.0 Å². The molecule has 1 aliphatic heterocycles. The lowest BCUT2D eigenvalue weighted by molar-refractivity contribution is -0.137. The third-order valence-corrected chi connectivity index (χ3v) is 5.09. The topological polar surface area (TPSA) is 66.9 Å². The maximum Gasteiger partial charge on any atom is 0.417 e. The number of nitrogens with zero attached hydrogens (tertiary/aromatic N) is 2. The van der Waals surface area contributed by atoms with Gasteiger partial charge in [-0.05, 0) is 12.5 Å². The van der Waals surface area contributed by atoms with Gasteiger partial charge in [-0.2, -0.15) is 13.2 Å². The van der Waals surface area contributed by atoms with Crippen LogP contribution in [0.4, 0.5) is 19.1 Å². The summed E-state index contributed by atoms with van der Waals surface area (Å²) in [5.74, 6) is 0.0276. The van der Waals surface area contributed by atoms with E-state index >= 15 is 0 Å². The number of carbonyl (C=O) groups is 1. The van der Waals surface area contributed by atoms with E-state index in [0.717, 1.165) is 6.07 Å². The summed E-state index contributed by atoms with van der Waals surface area (Å²) in [4.78, 5) is 20.5. The Balaban J connectivity index is 2.17. The minimum absolute atomic E-state index is 0.0108. The van der Waals surface area contributed by atoms with E-state index in [2.05, 4.69) is 20.6 Å². The molecule has 0 fully saturated rings. The average molecular weight is 368 g/mol. The number of alkyl halides is 3. The number of thioether (sulfide) groups is 1. The monoisotopic (exact) mass is 368 g/mol. The first kappa shape index (κ1) is 17.5. The molecule has 2 heterocycles. The van der Waals surface area contributed by atoms with E-state index in [9.17, 15) is 18.0 Å². The Morgan fingerprint density at radius 2 is 1.96 bits per heavy atom. The molecule has 2 N–H and O–H groups in total. The highest BCUT2D eigenvalue weighted by Crippen LogP contribution is 2.44. The molecular formula is C16H15F3N4OS. The van der Waals surface area contributed by atoms with Crippen LogP contribution in [-0.2, 0) is 17.4 Å². The van der Waals surface area contributed by atoms with Gasteiger partial charge in [0.25, 0.3) is 0 Å². The van der Waals surface area contributed by atoms with Crippen LogP contribution in [0.1, 0.15) is 11.1 Å². The standard InChI is InChI=1S/C16H15F3N4OS/c1-20-13(24)11-7-9-12(22-15(21-2)23-14(9)25-11)8-5-3-4-6-10(8)16(17,18)19/h3-6,11H,7H2,1-2H3,(H,20,24)(H,21,22,23). The van der Waals surface area contributed by atoms with Crippen LogP contribution in [0.15, 0.2) is 29.3 Å². The Morgan fingerprint density at radius 1 is 1.24 bits per heavy atom. The number of nitrogens with one attached hydrogen (secondary N) is 2. The Hall–Kier alpha value is -2.29. The van der Waals surface area contributed by atoms with Crippen molar-refractivity contribution in [3.63, 3.8) is 0 Å². The van der Waals surface area contributed by atoms with Gasteiger partial charge in [-0.3, -0.25) is 4.79 Å². The fraction of sp³-hybridized carbons (Fsp3) is 0.312. The summed E-state index contributed by atoms with van der Waals surface area (Å²) >= 11 is 1.24. The molecule has 0 bridgehead atoms. The van der Waals surface area contributed by atoms with Gasteiger partial charge in [-0.25, -0.2) is 9.97 Å². The first-order valence-corrected chi connectivity index (χ1v) is 8.36. The van der Waals surface area contributed by atoms with Gasteiger partial charge < -0.3 is 10.6 Å². The highest BCUT2D eigenvalue weighted by Gasteiger charge is 2.37. The van der Waals surface area contributed by atoms with Crippen LogP contribution in [0.5, 0.6) is 0 Å². The molecule has 1 amide bonds. The van der Waals surface area contributed by atoms with Crippen LogP contribution in [0.3, 0.4) is 0 Å². The predicted octanol–water partition coefficient (Wildman–Crippen LogP) is 2.97. The van der Waals surface area contributed by atoms with Crippen molar-refractivity contribution in [1.82, 2.24) is 15.3 Å². The number of fused-ring (bicyclic) bond motifs is 1. The smallest absolute Gasteiger partial charge is 0.358 e. The second-order valence-corrected chi connectivity index (χ2v) is 6.59. The van der Waals surface area contributed by atoms with E-state index in [-0.39, 0.29) is 29.5 Å². The molecule has 5 nitrogen and oxygen atoms in total. The summed E-state index contributed by atoms with van der Waals surface area (Å²) in [6.45, 7) is 0. The molecule has 1 atom stereocenters. The summed E-state index contributed by atoms with van der Waals surface area (Å²) in [6, 6.07) is 5.30. The van der Waals surface area contributed by atoms with E-state index < -0.39 is 17.0 Å². The van der Waals surface area contributed by atoms with Crippen molar-refractivity contribution in [2.45, 2.75) is 22.9 Å². The van der Waals surface area contributed by atoms with Crippen LogP contribution >= 0.6 is 11.8 Å². The largest absolute Gasteiger partial charge is 0.417 e. The molecule has 2 aromatic rings. The third-order valence-electron chi connectivity index (χ3n) is 3.86. The van der Waals surface area contributed by atoms with Crippen LogP contribution < -0.4 is 10.6 Å². The molecule has 0 spiro atoms. The molecule has 0 radical (unpaired) electrons. The molecule has 1 aliphatic rings. The molecule has 9 heteroatoms. The Kier molecular flexibility index (Phi) is 4.59. The lowest BCUT2D eigenvalue weighted by atomic mass is 9.98. The molecule has 3 rings (SSSR count). The molecule has 25 heavy (non-hydrogen) atoms. The van der Waals surface area contributed by atoms with Crippen molar-refractivity contribution >= 4 is 23.6 Å². The summed E-state index contributed by atoms with van der Waals surface area (Å²) in [5, 5.41) is 5.42. The van der Waals surface area contributed by atoms with Crippen LogP contribution in [0.2, 0.25) is 0 Å². The van der Waals surface area contributed by atoms with Gasteiger partial charge in [0.15, 0.2) is 0 Å². The van der Waals surface area contributed by atoms with Crippen molar-refractivity contribution in [1.29, 1.82) is 0 Å². The van der Waals surface area contributed by atoms with Crippen molar-refractivity contribution in [3.8, 4) is 11.3 Å². The van der Waals surface area contributed by atoms with Crippen molar-refractivity contribution in [2.75, 3.05) is 19.4 Å². The van der Waals surface area contributed by atoms with Crippen LogP contribution in [0.25, 0.3) is 11.3 Å². The molecule has 0 saturated heterocycles. The Morgan fingerprint density at radius 3 is 2.60 bits per heavy atom. The molecule has 0 aliphatic carbocycles. The Labute approximate surface area is 146 Å². The zero-order chi connectivity index (χ0) is 18.2. The van der Waals surface area contributed by atoms with Crippen LogP contribution in [-0.4, -0.2) is 35.2 Å². The Bertz CT molecular complexity index is 826. The second kappa shape index (κ2) is 6.55. The molecule has 0 saturated carbocycles. The van der Waals surface area contributed by atoms with Crippen LogP contribution in [0, 0.1) is 0 Å². The predicted molar refractivity (Wildman–Crippen MR) is 89.4 cm³/mol. The van der Waals surface area contributed by atoms with Gasteiger partial charge in [0.2, 0.25) is 11.9 Å². The molecule has 1 unspecified atom stereocenters. The molecule has 132 valence electrons. The highest BCUT2D eigenvalue weighted by molar-refractivity contribution is 8.00. The number of carbonyl (C=O) groups excluding carboxylic acids is 1. The maximum absolute atomic E-state index is 13.4. The quantitative estimate of drug-likeness (QED) is 0.816. The van der Waals surface area contributed by atoms with Crippen molar-refractivity contribution in [2.24, 2.45) is 0 Å². The number of rotatable bonds is 3. The fourth-order valence-corrected chi connectivity index (χ4v) is 3.89. The third kappa shape index (κ3) is 3.28. The zero-order valence-electron chi connectivity index (χ0n) is 13.4. The minimum atomic E-state index is -4.50. The van der Waals surface area contributed by atoms with Crippen molar-refractivity contribution in [3.05, 3.63) is 35.4 Å². The lowest BCUT2D eigenvalue weighted by Crippen LogP contribution is -2.29. The summed E-state index contributed by atoms with van der Waals surface area (Å²) < 4.78 is 40.2. The van der Waals surface area contributed by atoms with Gasteiger partial charge in [0, 0.05) is 25.2 Å². The van der Waals surface area contributed by atoms with Gasteiger partial charge in [-0.1, -0.05) is 30.0 Å². The number of hydrogen-bond donors (Lipinski definition) is 2. The van der Waals surface area contributed by atoms with Gasteiger partial charge in [0.05, 0.1) is 16.5 Å². The van der Waals surface area contributed by atoms with Gasteiger partial charge >= 0.3 is 6.18 Å². The normalized spacial score (nSPS) is 16.4. The molecule has 1 aromatic carbocycles. The second-order valence-electron chi connectivity index (χ2n) is 5.40. The first-order valence-electron chi connectivity index (χ1n) is 7.48. The summed E-state index contributed by atoms with van der Waals surface area (Å²) in [5.41, 5.74) is 0.00475. The van der Waals surface area contributed by atoms with E-state index in [1.807, 2.05) is 0 Å². The summed E-state index contributed by atoms with van der Waals surface area (Å²) in [7, 11) is 3.12. The molecular weight excluding hydrogens is 353 g/mol.